The molecule has 0 bridgehead atoms. The number of dihydropyridines is 1. The standard InChI is InChI=1S/C13H11F6N3O2/c1-2-24-11(23)8-6-22(21-10(8)13(17,18)19)7-3-4-9(20-5-7)12(14,15)16/h3-6,9,20H,2H2,1H3. The molecule has 0 spiro atoms. The Morgan fingerprint density at radius 2 is 2.00 bits per heavy atom. The van der Waals surface area contributed by atoms with Crippen LogP contribution >= 0.6 is 0 Å². The second-order valence-corrected chi connectivity index (χ2v) is 4.67. The molecule has 1 unspecified atom stereocenters. The van der Waals surface area contributed by atoms with Crippen molar-refractivity contribution in [3.63, 3.8) is 0 Å². The number of ether oxygens (including phenoxy) is 1. The summed E-state index contributed by atoms with van der Waals surface area (Å²) in [6.07, 6.45) is -6.16. The van der Waals surface area contributed by atoms with Crippen molar-refractivity contribution >= 4 is 11.7 Å². The first-order valence-corrected chi connectivity index (χ1v) is 6.59. The maximum Gasteiger partial charge on any atom is 0.436 e. The zero-order valence-electron chi connectivity index (χ0n) is 12.1. The van der Waals surface area contributed by atoms with Gasteiger partial charge in [-0.2, -0.15) is 31.4 Å². The van der Waals surface area contributed by atoms with Crippen LogP contribution in [0, 0.1) is 0 Å². The van der Waals surface area contributed by atoms with Gasteiger partial charge in [0.2, 0.25) is 0 Å². The third-order valence-corrected chi connectivity index (χ3v) is 2.97. The number of allylic oxidation sites excluding steroid dienone is 2. The number of carbonyl (C=O) groups excluding carboxylic acids is 1. The van der Waals surface area contributed by atoms with Crippen LogP contribution in [-0.2, 0) is 10.9 Å². The zero-order valence-corrected chi connectivity index (χ0v) is 12.1. The summed E-state index contributed by atoms with van der Waals surface area (Å²) in [7, 11) is 0. The molecule has 1 aliphatic rings. The largest absolute Gasteiger partial charge is 0.462 e. The second kappa shape index (κ2) is 6.21. The van der Waals surface area contributed by atoms with Crippen molar-refractivity contribution < 1.29 is 35.9 Å². The van der Waals surface area contributed by atoms with Crippen molar-refractivity contribution in [1.82, 2.24) is 15.1 Å². The highest BCUT2D eigenvalue weighted by Crippen LogP contribution is 2.32. The molecule has 0 aliphatic carbocycles. The lowest BCUT2D eigenvalue weighted by Crippen LogP contribution is -2.39. The lowest BCUT2D eigenvalue weighted by atomic mass is 10.2. The van der Waals surface area contributed by atoms with Crippen LogP contribution in [0.1, 0.15) is 23.0 Å². The Labute approximate surface area is 131 Å². The topological polar surface area (TPSA) is 56.1 Å². The second-order valence-electron chi connectivity index (χ2n) is 4.67. The van der Waals surface area contributed by atoms with Gasteiger partial charge in [-0.25, -0.2) is 9.48 Å². The fourth-order valence-corrected chi connectivity index (χ4v) is 1.89. The summed E-state index contributed by atoms with van der Waals surface area (Å²) in [6, 6.07) is -1.96. The van der Waals surface area contributed by atoms with Crippen LogP contribution in [0.5, 0.6) is 0 Å². The van der Waals surface area contributed by atoms with E-state index in [2.05, 4.69) is 9.84 Å². The van der Waals surface area contributed by atoms with E-state index in [-0.39, 0.29) is 12.3 Å². The molecular weight excluding hydrogens is 344 g/mol. The van der Waals surface area contributed by atoms with E-state index in [0.29, 0.717) is 4.68 Å². The molecule has 11 heteroatoms. The summed E-state index contributed by atoms with van der Waals surface area (Å²) in [5.74, 6) is -1.22. The molecule has 0 amide bonds. The molecule has 1 aromatic heterocycles. The van der Waals surface area contributed by atoms with E-state index in [4.69, 9.17) is 0 Å². The number of hydrogen-bond acceptors (Lipinski definition) is 4. The predicted octanol–water partition coefficient (Wildman–Crippen LogP) is 2.97. The SMILES string of the molecule is CCOC(=O)c1cn(C2=CNC(C(F)(F)F)C=C2)nc1C(F)(F)F. The van der Waals surface area contributed by atoms with Crippen molar-refractivity contribution in [1.29, 1.82) is 0 Å². The predicted molar refractivity (Wildman–Crippen MR) is 69.6 cm³/mol. The van der Waals surface area contributed by atoms with Gasteiger partial charge in [0.15, 0.2) is 5.69 Å². The van der Waals surface area contributed by atoms with Crippen LogP contribution in [0.3, 0.4) is 0 Å². The summed E-state index contributed by atoms with van der Waals surface area (Å²) in [5, 5.41) is 5.24. The van der Waals surface area contributed by atoms with Crippen molar-refractivity contribution in [2.75, 3.05) is 6.61 Å². The van der Waals surface area contributed by atoms with Crippen molar-refractivity contribution in [2.24, 2.45) is 0 Å². The Kier molecular flexibility index (Phi) is 4.63. The third kappa shape index (κ3) is 3.71. The molecular formula is C13H11F6N3O2. The molecule has 5 nitrogen and oxygen atoms in total. The van der Waals surface area contributed by atoms with Gasteiger partial charge in [0.05, 0.1) is 12.3 Å². The average molecular weight is 355 g/mol. The van der Waals surface area contributed by atoms with Crippen LogP contribution in [0.4, 0.5) is 26.3 Å². The molecule has 0 saturated heterocycles. The van der Waals surface area contributed by atoms with Gasteiger partial charge in [-0.05, 0) is 13.0 Å². The lowest BCUT2D eigenvalue weighted by molar-refractivity contribution is -0.142. The minimum Gasteiger partial charge on any atom is -0.462 e. The maximum atomic E-state index is 13.0. The normalized spacial score (nSPS) is 18.1. The average Bonchev–Trinajstić information content (AvgIpc) is 2.92. The number of alkyl halides is 6. The van der Waals surface area contributed by atoms with Crippen LogP contribution in [0.2, 0.25) is 0 Å². The van der Waals surface area contributed by atoms with Crippen molar-refractivity contribution in [3.05, 3.63) is 35.8 Å². The molecule has 1 atom stereocenters. The van der Waals surface area contributed by atoms with E-state index in [0.717, 1.165) is 24.5 Å². The molecule has 0 aromatic carbocycles. The quantitative estimate of drug-likeness (QED) is 0.669. The van der Waals surface area contributed by atoms with Gasteiger partial charge in [0.25, 0.3) is 0 Å². The molecule has 1 aliphatic heterocycles. The Hall–Kier alpha value is -2.46. The van der Waals surface area contributed by atoms with Gasteiger partial charge in [0, 0.05) is 12.4 Å². The van der Waals surface area contributed by atoms with E-state index in [1.54, 1.807) is 0 Å². The maximum absolute atomic E-state index is 13.0. The monoisotopic (exact) mass is 355 g/mol. The van der Waals surface area contributed by atoms with Gasteiger partial charge in [-0.1, -0.05) is 6.08 Å². The molecule has 0 saturated carbocycles. The molecule has 0 radical (unpaired) electrons. The molecule has 132 valence electrons. The molecule has 1 aromatic rings. The zero-order chi connectivity index (χ0) is 18.1. The third-order valence-electron chi connectivity index (χ3n) is 2.97. The molecule has 1 N–H and O–H groups in total. The number of rotatable bonds is 3. The van der Waals surface area contributed by atoms with E-state index in [9.17, 15) is 31.1 Å². The van der Waals surface area contributed by atoms with Crippen LogP contribution in [-0.4, -0.2) is 34.6 Å². The highest BCUT2D eigenvalue weighted by molar-refractivity contribution is 5.91. The fraction of sp³-hybridized carbons (Fsp3) is 0.385. The van der Waals surface area contributed by atoms with Crippen LogP contribution in [0.15, 0.2) is 24.5 Å². The minimum absolute atomic E-state index is 0.100. The number of carbonyl (C=O) groups is 1. The van der Waals surface area contributed by atoms with E-state index >= 15 is 0 Å². The minimum atomic E-state index is -4.92. The van der Waals surface area contributed by atoms with Gasteiger partial charge < -0.3 is 10.1 Å². The summed E-state index contributed by atoms with van der Waals surface area (Å²) >= 11 is 0. The Morgan fingerprint density at radius 3 is 2.46 bits per heavy atom. The summed E-state index contributed by atoms with van der Waals surface area (Å²) < 4.78 is 81.6. The van der Waals surface area contributed by atoms with Crippen molar-refractivity contribution in [2.45, 2.75) is 25.3 Å². The number of halogens is 6. The van der Waals surface area contributed by atoms with Crippen LogP contribution < -0.4 is 5.32 Å². The smallest absolute Gasteiger partial charge is 0.436 e. The first-order chi connectivity index (χ1) is 11.0. The number of esters is 1. The highest BCUT2D eigenvalue weighted by Gasteiger charge is 2.41. The molecule has 0 fully saturated rings. The summed E-state index contributed by atoms with van der Waals surface area (Å²) in [4.78, 5) is 11.6. The van der Waals surface area contributed by atoms with Gasteiger partial charge in [-0.15, -0.1) is 0 Å². The fourth-order valence-electron chi connectivity index (χ4n) is 1.89. The number of nitrogens with one attached hydrogen (secondary N) is 1. The van der Waals surface area contributed by atoms with Crippen molar-refractivity contribution in [3.8, 4) is 0 Å². The van der Waals surface area contributed by atoms with Gasteiger partial charge >= 0.3 is 18.3 Å². The molecule has 2 rings (SSSR count). The number of aromatic nitrogens is 2. The van der Waals surface area contributed by atoms with E-state index < -0.39 is 35.6 Å². The lowest BCUT2D eigenvalue weighted by Gasteiger charge is -2.21. The Balaban J connectivity index is 2.35. The number of nitrogens with zero attached hydrogens (tertiary/aromatic N) is 2. The van der Waals surface area contributed by atoms with Gasteiger partial charge in [-0.3, -0.25) is 0 Å². The molecule has 24 heavy (non-hydrogen) atoms. The molecule has 2 heterocycles. The van der Waals surface area contributed by atoms with E-state index in [1.165, 1.54) is 6.92 Å². The Bertz CT molecular complexity index is 687. The summed E-state index contributed by atoms with van der Waals surface area (Å²) in [6.45, 7) is 1.28. The Morgan fingerprint density at radius 1 is 1.33 bits per heavy atom. The summed E-state index contributed by atoms with van der Waals surface area (Å²) in [5.41, 5.74) is -2.40. The first kappa shape index (κ1) is 17.9. The number of hydrogen-bond donors (Lipinski definition) is 1. The highest BCUT2D eigenvalue weighted by atomic mass is 19.4. The van der Waals surface area contributed by atoms with Crippen LogP contribution in [0.25, 0.3) is 5.70 Å². The van der Waals surface area contributed by atoms with Gasteiger partial charge in [0.1, 0.15) is 11.6 Å². The first-order valence-electron chi connectivity index (χ1n) is 6.59. The van der Waals surface area contributed by atoms with E-state index in [1.807, 2.05) is 5.32 Å².